The van der Waals surface area contributed by atoms with E-state index in [1.165, 1.54) is 10.4 Å². The van der Waals surface area contributed by atoms with Crippen molar-refractivity contribution in [2.75, 3.05) is 24.1 Å². The second-order valence-electron chi connectivity index (χ2n) is 7.57. The Kier molecular flexibility index (Phi) is 5.86. The number of nitrogens with zero attached hydrogens (tertiary/aromatic N) is 2. The Morgan fingerprint density at radius 1 is 1.10 bits per heavy atom. The molecule has 0 aliphatic carbocycles. The van der Waals surface area contributed by atoms with Gasteiger partial charge in [-0.15, -0.1) is 0 Å². The lowest BCUT2D eigenvalue weighted by molar-refractivity contribution is -0.121. The summed E-state index contributed by atoms with van der Waals surface area (Å²) in [6, 6.07) is 11.9. The molecule has 0 fully saturated rings. The van der Waals surface area contributed by atoms with Crippen molar-refractivity contribution in [3.63, 3.8) is 0 Å². The van der Waals surface area contributed by atoms with Crippen LogP contribution in [0.15, 0.2) is 52.5 Å². The number of hydrogen-bond donors (Lipinski definition) is 1. The quantitative estimate of drug-likeness (QED) is 0.740. The molecule has 164 valence electrons. The normalized spacial score (nSPS) is 18.2. The number of hydrogen-bond acceptors (Lipinski definition) is 6. The first-order valence-electron chi connectivity index (χ1n) is 10.3. The van der Waals surface area contributed by atoms with Crippen LogP contribution in [0.1, 0.15) is 32.3 Å². The van der Waals surface area contributed by atoms with Crippen LogP contribution in [0.5, 0.6) is 11.5 Å². The molecular weight excluding hydrogens is 418 g/mol. The summed E-state index contributed by atoms with van der Waals surface area (Å²) >= 11 is 0. The number of carbonyl (C=O) groups is 1. The van der Waals surface area contributed by atoms with Gasteiger partial charge in [0.05, 0.1) is 16.3 Å². The number of anilines is 1. The summed E-state index contributed by atoms with van der Waals surface area (Å²) in [7, 11) is -3.79. The van der Waals surface area contributed by atoms with Gasteiger partial charge >= 0.3 is 0 Å². The Morgan fingerprint density at radius 3 is 2.48 bits per heavy atom. The highest BCUT2D eigenvalue weighted by Gasteiger charge is 2.27. The monoisotopic (exact) mass is 443 g/mol. The number of amides is 1. The third-order valence-corrected chi connectivity index (χ3v) is 7.06. The van der Waals surface area contributed by atoms with E-state index >= 15 is 0 Å². The zero-order valence-electron chi connectivity index (χ0n) is 17.5. The second kappa shape index (κ2) is 8.58. The maximum absolute atomic E-state index is 13.4. The Bertz CT molecular complexity index is 1110. The van der Waals surface area contributed by atoms with Gasteiger partial charge in [0.1, 0.15) is 13.2 Å². The summed E-state index contributed by atoms with van der Waals surface area (Å²) in [6.45, 7) is 5.05. The van der Waals surface area contributed by atoms with Crippen molar-refractivity contribution in [3.05, 3.63) is 48.0 Å². The molecule has 2 aliphatic rings. The molecule has 0 aromatic heterocycles. The molecule has 2 aromatic carbocycles. The van der Waals surface area contributed by atoms with Crippen LogP contribution >= 0.6 is 0 Å². The van der Waals surface area contributed by atoms with E-state index in [0.717, 1.165) is 11.3 Å². The van der Waals surface area contributed by atoms with Crippen LogP contribution in [0.2, 0.25) is 0 Å². The Morgan fingerprint density at radius 2 is 1.81 bits per heavy atom. The molecule has 4 rings (SSSR count). The molecule has 0 spiro atoms. The molecule has 2 aliphatic heterocycles. The van der Waals surface area contributed by atoms with Gasteiger partial charge < -0.3 is 9.47 Å². The van der Waals surface area contributed by atoms with E-state index < -0.39 is 10.0 Å². The Labute approximate surface area is 181 Å². The molecule has 2 aromatic rings. The van der Waals surface area contributed by atoms with Crippen LogP contribution in [-0.4, -0.2) is 39.8 Å². The van der Waals surface area contributed by atoms with Gasteiger partial charge in [-0.05, 0) is 36.2 Å². The maximum atomic E-state index is 13.4. The summed E-state index contributed by atoms with van der Waals surface area (Å²) < 4.78 is 39.3. The standard InChI is InChI=1S/C22H25N3O5S/c1-3-10-25(31(27,28)18-8-9-19-20(14-18)30-12-11-29-19)17-6-4-16(5-7-17)22-15(2)13-21(26)23-24-22/h4-9,14-15H,3,10-13H2,1-2H3,(H,23,26). The molecule has 9 heteroatoms. The van der Waals surface area contributed by atoms with Gasteiger partial charge in [0.25, 0.3) is 10.0 Å². The maximum Gasteiger partial charge on any atom is 0.264 e. The number of hydrazone groups is 1. The van der Waals surface area contributed by atoms with Gasteiger partial charge in [-0.25, -0.2) is 13.8 Å². The summed E-state index contributed by atoms with van der Waals surface area (Å²) in [4.78, 5) is 11.6. The molecule has 8 nitrogen and oxygen atoms in total. The van der Waals surface area contributed by atoms with Crippen LogP contribution in [0.3, 0.4) is 0 Å². The minimum absolute atomic E-state index is 0.00667. The Hall–Kier alpha value is -3.07. The van der Waals surface area contributed by atoms with Gasteiger partial charge in [-0.2, -0.15) is 5.10 Å². The summed E-state index contributed by atoms with van der Waals surface area (Å²) in [6.07, 6.45) is 1.03. The Balaban J connectivity index is 1.65. The first kappa shape index (κ1) is 21.2. The SMILES string of the molecule is CCCN(c1ccc(C2=NNC(=O)CC2C)cc1)S(=O)(=O)c1ccc2c(c1)OCCO2. The molecule has 0 radical (unpaired) electrons. The lowest BCUT2D eigenvalue weighted by atomic mass is 9.94. The van der Waals surface area contributed by atoms with Gasteiger partial charge in [-0.1, -0.05) is 26.0 Å². The molecule has 1 N–H and O–H groups in total. The van der Waals surface area contributed by atoms with E-state index in [1.807, 2.05) is 26.0 Å². The zero-order chi connectivity index (χ0) is 22.0. The first-order chi connectivity index (χ1) is 14.9. The predicted octanol–water partition coefficient (Wildman–Crippen LogP) is 2.92. The highest BCUT2D eigenvalue weighted by atomic mass is 32.2. The van der Waals surface area contributed by atoms with Crippen LogP contribution in [0.25, 0.3) is 0 Å². The molecule has 0 bridgehead atoms. The van der Waals surface area contributed by atoms with E-state index in [-0.39, 0.29) is 16.7 Å². The topological polar surface area (TPSA) is 97.3 Å². The fraction of sp³-hybridized carbons (Fsp3) is 0.364. The van der Waals surface area contributed by atoms with E-state index in [4.69, 9.17) is 9.47 Å². The number of benzene rings is 2. The number of rotatable bonds is 6. The molecular formula is C22H25N3O5S. The minimum Gasteiger partial charge on any atom is -0.486 e. The number of carbonyl (C=O) groups excluding carboxylic acids is 1. The summed E-state index contributed by atoms with van der Waals surface area (Å²) in [5, 5.41) is 4.17. The minimum atomic E-state index is -3.79. The van der Waals surface area contributed by atoms with Crippen molar-refractivity contribution in [3.8, 4) is 11.5 Å². The van der Waals surface area contributed by atoms with Crippen molar-refractivity contribution in [1.29, 1.82) is 0 Å². The second-order valence-corrected chi connectivity index (χ2v) is 9.43. The number of ether oxygens (including phenoxy) is 2. The van der Waals surface area contributed by atoms with Crippen molar-refractivity contribution in [2.24, 2.45) is 11.0 Å². The van der Waals surface area contributed by atoms with Crippen molar-refractivity contribution >= 4 is 27.3 Å². The van der Waals surface area contributed by atoms with Crippen LogP contribution < -0.4 is 19.2 Å². The molecule has 1 amide bonds. The molecule has 2 heterocycles. The van der Waals surface area contributed by atoms with E-state index in [9.17, 15) is 13.2 Å². The van der Waals surface area contributed by atoms with Gasteiger partial charge in [0.15, 0.2) is 11.5 Å². The highest BCUT2D eigenvalue weighted by molar-refractivity contribution is 7.92. The van der Waals surface area contributed by atoms with Crippen LogP contribution in [0, 0.1) is 5.92 Å². The number of nitrogens with one attached hydrogen (secondary N) is 1. The van der Waals surface area contributed by atoms with E-state index in [1.54, 1.807) is 24.3 Å². The first-order valence-corrected chi connectivity index (χ1v) is 11.7. The lowest BCUT2D eigenvalue weighted by Gasteiger charge is -2.26. The van der Waals surface area contributed by atoms with Crippen LogP contribution in [0.4, 0.5) is 5.69 Å². The number of sulfonamides is 1. The summed E-state index contributed by atoms with van der Waals surface area (Å²) in [5.74, 6) is 0.872. The number of fused-ring (bicyclic) bond motifs is 1. The van der Waals surface area contributed by atoms with Crippen molar-refractivity contribution < 1.29 is 22.7 Å². The molecule has 0 saturated heterocycles. The predicted molar refractivity (Wildman–Crippen MR) is 117 cm³/mol. The van der Waals surface area contributed by atoms with E-state index in [0.29, 0.717) is 49.8 Å². The highest BCUT2D eigenvalue weighted by Crippen LogP contribution is 2.34. The van der Waals surface area contributed by atoms with Crippen molar-refractivity contribution in [2.45, 2.75) is 31.6 Å². The van der Waals surface area contributed by atoms with E-state index in [2.05, 4.69) is 10.5 Å². The fourth-order valence-corrected chi connectivity index (χ4v) is 5.28. The van der Waals surface area contributed by atoms with Gasteiger partial charge in [0, 0.05) is 24.9 Å². The smallest absolute Gasteiger partial charge is 0.264 e. The fourth-order valence-electron chi connectivity index (χ4n) is 3.70. The van der Waals surface area contributed by atoms with Crippen molar-refractivity contribution in [1.82, 2.24) is 5.43 Å². The third-order valence-electron chi connectivity index (χ3n) is 5.24. The van der Waals surface area contributed by atoms with Gasteiger partial charge in [-0.3, -0.25) is 9.10 Å². The third kappa shape index (κ3) is 4.23. The average molecular weight is 444 g/mol. The van der Waals surface area contributed by atoms with Gasteiger partial charge in [0.2, 0.25) is 5.91 Å². The summed E-state index contributed by atoms with van der Waals surface area (Å²) in [5.41, 5.74) is 4.71. The average Bonchev–Trinajstić information content (AvgIpc) is 2.77. The van der Waals surface area contributed by atoms with Crippen LogP contribution in [-0.2, 0) is 14.8 Å². The largest absolute Gasteiger partial charge is 0.486 e. The molecule has 31 heavy (non-hydrogen) atoms. The molecule has 1 atom stereocenters. The molecule has 0 saturated carbocycles. The lowest BCUT2D eigenvalue weighted by Crippen LogP contribution is -2.33. The molecule has 1 unspecified atom stereocenters. The zero-order valence-corrected chi connectivity index (χ0v) is 18.3.